The summed E-state index contributed by atoms with van der Waals surface area (Å²) in [6, 6.07) is 0. The van der Waals surface area contributed by atoms with Crippen molar-refractivity contribution in [1.82, 2.24) is 0 Å². The molecular weight excluding hydrogens is 309 g/mol. The maximum Gasteiger partial charge on any atom is 0.264 e. The van der Waals surface area contributed by atoms with Crippen LogP contribution in [0.4, 0.5) is 0 Å². The number of hydrogen-bond acceptors (Lipinski definition) is 3. The van der Waals surface area contributed by atoms with Crippen LogP contribution >= 0.6 is 7.26 Å². The summed E-state index contributed by atoms with van der Waals surface area (Å²) in [5.41, 5.74) is 0.312. The third kappa shape index (κ3) is 22.0. The molecule has 0 spiro atoms. The fraction of sp³-hybridized carbons (Fsp3) is 0.786. The number of carbonyl (C=O) groups is 1. The van der Waals surface area contributed by atoms with Gasteiger partial charge in [-0.2, -0.15) is 8.42 Å². The molecule has 0 rings (SSSR count). The Morgan fingerprint density at radius 2 is 1.76 bits per heavy atom. The van der Waals surface area contributed by atoms with Crippen LogP contribution in [0.1, 0.15) is 33.1 Å². The molecule has 126 valence electrons. The monoisotopic (exact) mass is 339 g/mol. The van der Waals surface area contributed by atoms with E-state index in [1.165, 1.54) is 25.9 Å². The van der Waals surface area contributed by atoms with Crippen LogP contribution in [0.25, 0.3) is 5.32 Å². The molecule has 1 amide bonds. The van der Waals surface area contributed by atoms with Crippen molar-refractivity contribution < 1.29 is 17.8 Å². The van der Waals surface area contributed by atoms with Gasteiger partial charge in [-0.15, -0.1) is 6.54 Å². The molecule has 0 radical (unpaired) electrons. The zero-order chi connectivity index (χ0) is 17.1. The Morgan fingerprint density at radius 3 is 2.05 bits per heavy atom. The lowest BCUT2D eigenvalue weighted by molar-refractivity contribution is -0.112. The minimum absolute atomic E-state index is 0.0888. The average Bonchev–Trinajstić information content (AvgIpc) is 2.30. The largest absolute Gasteiger partial charge is 0.649 e. The van der Waals surface area contributed by atoms with E-state index in [0.717, 1.165) is 0 Å². The Bertz CT molecular complexity index is 413. The van der Waals surface area contributed by atoms with E-state index in [1.54, 1.807) is 0 Å². The van der Waals surface area contributed by atoms with Gasteiger partial charge in [0.15, 0.2) is 0 Å². The second kappa shape index (κ2) is 11.2. The quantitative estimate of drug-likeness (QED) is 0.318. The molecule has 0 aromatic heterocycles. The molecule has 0 aromatic rings. The summed E-state index contributed by atoms with van der Waals surface area (Å²) < 4.78 is 28.8. The van der Waals surface area contributed by atoms with Crippen LogP contribution in [0.15, 0.2) is 12.2 Å². The van der Waals surface area contributed by atoms with Crippen molar-refractivity contribution in [1.29, 1.82) is 0 Å². The molecule has 21 heavy (non-hydrogen) atoms. The van der Waals surface area contributed by atoms with Gasteiger partial charge in [0.1, 0.15) is 0 Å². The van der Waals surface area contributed by atoms with E-state index in [1.807, 2.05) is 0 Å². The highest BCUT2D eigenvalue weighted by atomic mass is 32.2. The van der Waals surface area contributed by atoms with Crippen LogP contribution in [-0.4, -0.2) is 57.3 Å². The molecular formula is C14H30NO4PS. The summed E-state index contributed by atoms with van der Waals surface area (Å²) in [6.45, 7) is 14.5. The minimum Gasteiger partial charge on any atom is -0.649 e. The predicted molar refractivity (Wildman–Crippen MR) is 93.5 cm³/mol. The lowest BCUT2D eigenvalue weighted by Gasteiger charge is -2.17. The third-order valence-corrected chi connectivity index (χ3v) is 4.83. The molecule has 7 heteroatoms. The topological polar surface area (TPSA) is 85.5 Å². The number of nitrogens with zero attached hydrogens (tertiary/aromatic N) is 1. The van der Waals surface area contributed by atoms with Crippen LogP contribution < -0.4 is 0 Å². The van der Waals surface area contributed by atoms with Crippen LogP contribution in [0.3, 0.4) is 0 Å². The average molecular weight is 339 g/mol. The maximum atomic E-state index is 10.8. The van der Waals surface area contributed by atoms with Gasteiger partial charge >= 0.3 is 0 Å². The van der Waals surface area contributed by atoms with Crippen LogP contribution in [0, 0.1) is 0 Å². The third-order valence-electron chi connectivity index (χ3n) is 2.36. The van der Waals surface area contributed by atoms with E-state index in [4.69, 9.17) is 4.55 Å². The Morgan fingerprint density at radius 1 is 1.24 bits per heavy atom. The normalized spacial score (nSPS) is 11.3. The SMILES string of the molecule is C=C(C)C(=O)[N-]CCCS(=O)(=O)O.CCCC[P+](C)(C)C. The van der Waals surface area contributed by atoms with E-state index in [0.29, 0.717) is 5.57 Å². The fourth-order valence-corrected chi connectivity index (χ4v) is 2.95. The molecule has 0 aliphatic heterocycles. The van der Waals surface area contributed by atoms with Crippen molar-refractivity contribution in [2.45, 2.75) is 33.1 Å². The van der Waals surface area contributed by atoms with Crippen molar-refractivity contribution >= 4 is 23.3 Å². The minimum atomic E-state index is -3.94. The molecule has 5 nitrogen and oxygen atoms in total. The Labute approximate surface area is 130 Å². The highest BCUT2D eigenvalue weighted by Crippen LogP contribution is 2.46. The first-order valence-corrected chi connectivity index (χ1v) is 11.9. The van der Waals surface area contributed by atoms with Gasteiger partial charge in [0.2, 0.25) is 0 Å². The van der Waals surface area contributed by atoms with Gasteiger partial charge in [0.05, 0.1) is 17.8 Å². The van der Waals surface area contributed by atoms with Crippen LogP contribution in [-0.2, 0) is 14.9 Å². The summed E-state index contributed by atoms with van der Waals surface area (Å²) in [4.78, 5) is 10.8. The van der Waals surface area contributed by atoms with Gasteiger partial charge < -0.3 is 10.1 Å². The van der Waals surface area contributed by atoms with E-state index in [2.05, 4.69) is 38.8 Å². The summed E-state index contributed by atoms with van der Waals surface area (Å²) in [5.74, 6) is -0.810. The molecule has 0 bridgehead atoms. The molecule has 0 aromatic carbocycles. The van der Waals surface area contributed by atoms with Crippen LogP contribution in [0.5, 0.6) is 0 Å². The summed E-state index contributed by atoms with van der Waals surface area (Å²) in [7, 11) is -4.37. The summed E-state index contributed by atoms with van der Waals surface area (Å²) in [5, 5.41) is 3.51. The van der Waals surface area contributed by atoms with E-state index < -0.39 is 23.3 Å². The standard InChI is InChI=1S/C7H13NO4S.C7H18P/c1-6(2)7(9)8-4-3-5-13(10,11)12;1-5-6-7-8(2,3)4/h1,3-5H2,2H3,(H2,8,9,10,11,12);5-7H2,1-4H3/q;+1/p-1. The maximum absolute atomic E-state index is 10.8. The van der Waals surface area contributed by atoms with Crippen molar-refractivity contribution in [2.75, 3.05) is 38.5 Å². The first-order chi connectivity index (χ1) is 9.39. The van der Waals surface area contributed by atoms with E-state index in [9.17, 15) is 13.2 Å². The predicted octanol–water partition coefficient (Wildman–Crippen LogP) is 3.43. The van der Waals surface area contributed by atoms with Crippen molar-refractivity contribution in [3.63, 3.8) is 0 Å². The lowest BCUT2D eigenvalue weighted by Crippen LogP contribution is -2.07. The molecule has 0 fully saturated rings. The van der Waals surface area contributed by atoms with Gasteiger partial charge in [-0.1, -0.05) is 26.3 Å². The number of hydrogen-bond donors (Lipinski definition) is 1. The Hall–Kier alpha value is -0.450. The molecule has 0 unspecified atom stereocenters. The van der Waals surface area contributed by atoms with Gasteiger partial charge in [-0.05, 0) is 18.9 Å². The number of rotatable bonds is 8. The van der Waals surface area contributed by atoms with E-state index >= 15 is 0 Å². The van der Waals surface area contributed by atoms with Gasteiger partial charge in [0.25, 0.3) is 10.1 Å². The Balaban J connectivity index is 0. The fourth-order valence-electron chi connectivity index (χ4n) is 1.19. The van der Waals surface area contributed by atoms with Gasteiger partial charge in [-0.3, -0.25) is 4.55 Å². The Kier molecular flexibility index (Phi) is 12.1. The number of unbranched alkanes of at least 4 members (excludes halogenated alkanes) is 1. The van der Waals surface area contributed by atoms with Crippen molar-refractivity contribution in [3.8, 4) is 0 Å². The molecule has 0 aliphatic carbocycles. The second-order valence-corrected chi connectivity index (χ2v) is 12.6. The molecule has 0 aliphatic rings. The first kappa shape index (κ1) is 22.8. The molecule has 0 atom stereocenters. The zero-order valence-corrected chi connectivity index (χ0v) is 15.6. The summed E-state index contributed by atoms with van der Waals surface area (Å²) >= 11 is 0. The van der Waals surface area contributed by atoms with Gasteiger partial charge in [-0.25, -0.2) is 0 Å². The molecule has 0 heterocycles. The second-order valence-electron chi connectivity index (χ2n) is 5.97. The lowest BCUT2D eigenvalue weighted by atomic mass is 10.3. The molecule has 0 saturated heterocycles. The molecule has 1 N–H and O–H groups in total. The highest BCUT2D eigenvalue weighted by Gasteiger charge is 2.14. The zero-order valence-electron chi connectivity index (χ0n) is 13.9. The van der Waals surface area contributed by atoms with Crippen molar-refractivity contribution in [3.05, 3.63) is 17.5 Å². The number of carbonyl (C=O) groups excluding carboxylic acids is 1. The van der Waals surface area contributed by atoms with Crippen molar-refractivity contribution in [2.24, 2.45) is 0 Å². The highest BCUT2D eigenvalue weighted by molar-refractivity contribution is 7.85. The first-order valence-electron chi connectivity index (χ1n) is 7.02. The smallest absolute Gasteiger partial charge is 0.264 e. The summed E-state index contributed by atoms with van der Waals surface area (Å²) in [6.07, 6.45) is 4.40. The number of amides is 1. The molecule has 0 saturated carbocycles. The van der Waals surface area contributed by atoms with Crippen LogP contribution in [0.2, 0.25) is 0 Å². The van der Waals surface area contributed by atoms with E-state index in [-0.39, 0.29) is 18.7 Å². The van der Waals surface area contributed by atoms with Gasteiger partial charge in [0, 0.05) is 27.3 Å².